The van der Waals surface area contributed by atoms with E-state index >= 15 is 0 Å². The number of ether oxygens (including phenoxy) is 1. The molecule has 3 unspecified atom stereocenters. The van der Waals surface area contributed by atoms with Crippen LogP contribution in [-0.4, -0.2) is 25.0 Å². The number of benzene rings is 1. The van der Waals surface area contributed by atoms with Crippen LogP contribution in [0.3, 0.4) is 0 Å². The Balaban J connectivity index is 2.93. The molecule has 1 rings (SSSR count). The molecule has 3 atom stereocenters. The van der Waals surface area contributed by atoms with E-state index in [4.69, 9.17) is 10.5 Å². The van der Waals surface area contributed by atoms with Gasteiger partial charge < -0.3 is 15.8 Å². The normalized spacial score (nSPS) is 16.4. The number of nitrogens with one attached hydrogen (secondary N) is 1. The van der Waals surface area contributed by atoms with Crippen LogP contribution in [0.1, 0.15) is 32.8 Å². The lowest BCUT2D eigenvalue weighted by molar-refractivity contribution is -0.147. The number of esters is 1. The molecule has 116 valence electrons. The third kappa shape index (κ3) is 4.04. The summed E-state index contributed by atoms with van der Waals surface area (Å²) in [6.45, 7) is 5.46. The van der Waals surface area contributed by atoms with Crippen LogP contribution >= 0.6 is 0 Å². The fraction of sp³-hybridized carbons (Fsp3) is 0.500. The smallest absolute Gasteiger partial charge is 0.328 e. The highest BCUT2D eigenvalue weighted by molar-refractivity contribution is 5.91. The number of methoxy groups -OCH3 is 1. The van der Waals surface area contributed by atoms with Crippen LogP contribution in [0.25, 0.3) is 0 Å². The molecule has 0 heterocycles. The van der Waals surface area contributed by atoms with Gasteiger partial charge in [0.05, 0.1) is 7.11 Å². The molecule has 0 bridgehead atoms. The van der Waals surface area contributed by atoms with Crippen molar-refractivity contribution in [1.82, 2.24) is 5.32 Å². The molecular formula is C16H24N2O3. The first-order valence-electron chi connectivity index (χ1n) is 7.07. The zero-order valence-corrected chi connectivity index (χ0v) is 13.1. The van der Waals surface area contributed by atoms with Crippen molar-refractivity contribution in [3.63, 3.8) is 0 Å². The highest BCUT2D eigenvalue weighted by Crippen LogP contribution is 2.19. The molecule has 0 spiro atoms. The first kappa shape index (κ1) is 17.2. The highest BCUT2D eigenvalue weighted by Gasteiger charge is 2.35. The molecule has 0 saturated carbocycles. The van der Waals surface area contributed by atoms with Crippen molar-refractivity contribution >= 4 is 11.9 Å². The average Bonchev–Trinajstić information content (AvgIpc) is 2.51. The molecule has 21 heavy (non-hydrogen) atoms. The van der Waals surface area contributed by atoms with Crippen LogP contribution in [0.15, 0.2) is 30.3 Å². The molecular weight excluding hydrogens is 268 g/mol. The summed E-state index contributed by atoms with van der Waals surface area (Å²) >= 11 is 0. The summed E-state index contributed by atoms with van der Waals surface area (Å²) in [5.41, 5.74) is 5.63. The van der Waals surface area contributed by atoms with E-state index in [1.54, 1.807) is 19.1 Å². The van der Waals surface area contributed by atoms with Crippen molar-refractivity contribution in [2.75, 3.05) is 7.11 Å². The topological polar surface area (TPSA) is 81.4 Å². The number of hydrogen-bond acceptors (Lipinski definition) is 4. The molecule has 0 aliphatic heterocycles. The molecule has 3 N–H and O–H groups in total. The van der Waals surface area contributed by atoms with Crippen molar-refractivity contribution < 1.29 is 14.3 Å². The van der Waals surface area contributed by atoms with Crippen LogP contribution < -0.4 is 11.1 Å². The van der Waals surface area contributed by atoms with Crippen LogP contribution in [-0.2, 0) is 19.9 Å². The number of rotatable bonds is 6. The summed E-state index contributed by atoms with van der Waals surface area (Å²) in [6.07, 6.45) is 0.743. The maximum absolute atomic E-state index is 12.5. The van der Waals surface area contributed by atoms with Crippen LogP contribution in [0.5, 0.6) is 0 Å². The predicted molar refractivity (Wildman–Crippen MR) is 81.4 cm³/mol. The Hall–Kier alpha value is -1.88. The molecule has 5 nitrogen and oxygen atoms in total. The van der Waals surface area contributed by atoms with Gasteiger partial charge in [0.2, 0.25) is 5.91 Å². The van der Waals surface area contributed by atoms with Gasteiger partial charge in [0.15, 0.2) is 0 Å². The van der Waals surface area contributed by atoms with Gasteiger partial charge in [0.1, 0.15) is 11.6 Å². The minimum Gasteiger partial charge on any atom is -0.467 e. The second-order valence-corrected chi connectivity index (χ2v) is 5.43. The summed E-state index contributed by atoms with van der Waals surface area (Å²) in [6, 6.07) is 8.37. The van der Waals surface area contributed by atoms with Gasteiger partial charge in [-0.2, -0.15) is 0 Å². The molecule has 1 amide bonds. The predicted octanol–water partition coefficient (Wildman–Crippen LogP) is 1.56. The first-order chi connectivity index (χ1) is 9.84. The van der Waals surface area contributed by atoms with Gasteiger partial charge in [-0.05, 0) is 18.4 Å². The lowest BCUT2D eigenvalue weighted by Gasteiger charge is -2.29. The molecule has 0 radical (unpaired) electrons. The van der Waals surface area contributed by atoms with E-state index in [1.165, 1.54) is 7.11 Å². The number of amides is 1. The Bertz CT molecular complexity index is 486. The van der Waals surface area contributed by atoms with E-state index in [9.17, 15) is 9.59 Å². The number of nitrogens with two attached hydrogens (primary N) is 1. The highest BCUT2D eigenvalue weighted by atomic mass is 16.5. The average molecular weight is 292 g/mol. The van der Waals surface area contributed by atoms with E-state index < -0.39 is 23.5 Å². The molecule has 0 aliphatic rings. The maximum Gasteiger partial charge on any atom is 0.328 e. The van der Waals surface area contributed by atoms with Gasteiger partial charge in [-0.3, -0.25) is 4.79 Å². The third-order valence-electron chi connectivity index (χ3n) is 3.80. The Kier molecular flexibility index (Phi) is 5.90. The summed E-state index contributed by atoms with van der Waals surface area (Å²) in [4.78, 5) is 24.3. The number of carbonyl (C=O) groups excluding carboxylic acids is 2. The Morgan fingerprint density at radius 3 is 2.38 bits per heavy atom. The van der Waals surface area contributed by atoms with E-state index in [-0.39, 0.29) is 5.92 Å². The maximum atomic E-state index is 12.5. The van der Waals surface area contributed by atoms with Gasteiger partial charge in [-0.15, -0.1) is 0 Å². The molecule has 1 aromatic rings. The van der Waals surface area contributed by atoms with Crippen molar-refractivity contribution in [2.24, 2.45) is 11.7 Å². The van der Waals surface area contributed by atoms with Gasteiger partial charge in [-0.1, -0.05) is 50.6 Å². The SMILES string of the molecule is CCC(C)C(NC(=O)C(C)(N)c1ccccc1)C(=O)OC. The molecule has 5 heteroatoms. The second-order valence-electron chi connectivity index (χ2n) is 5.43. The third-order valence-corrected chi connectivity index (χ3v) is 3.80. The van der Waals surface area contributed by atoms with E-state index in [0.29, 0.717) is 5.56 Å². The van der Waals surface area contributed by atoms with Crippen LogP contribution in [0.4, 0.5) is 0 Å². The fourth-order valence-corrected chi connectivity index (χ4v) is 2.00. The zero-order chi connectivity index (χ0) is 16.0. The quantitative estimate of drug-likeness (QED) is 0.780. The lowest BCUT2D eigenvalue weighted by Crippen LogP contribution is -2.55. The summed E-state index contributed by atoms with van der Waals surface area (Å²) in [7, 11) is 1.31. The minimum atomic E-state index is -1.21. The van der Waals surface area contributed by atoms with Gasteiger partial charge >= 0.3 is 5.97 Å². The first-order valence-corrected chi connectivity index (χ1v) is 7.07. The van der Waals surface area contributed by atoms with E-state index in [0.717, 1.165) is 6.42 Å². The van der Waals surface area contributed by atoms with Gasteiger partial charge in [-0.25, -0.2) is 4.79 Å². The van der Waals surface area contributed by atoms with Crippen LogP contribution in [0.2, 0.25) is 0 Å². The lowest BCUT2D eigenvalue weighted by atomic mass is 9.90. The summed E-state index contributed by atoms with van der Waals surface area (Å²) < 4.78 is 4.76. The van der Waals surface area contributed by atoms with E-state index in [1.807, 2.05) is 32.0 Å². The second kappa shape index (κ2) is 7.22. The van der Waals surface area contributed by atoms with Crippen molar-refractivity contribution in [3.8, 4) is 0 Å². The standard InChI is InChI=1S/C16H24N2O3/c1-5-11(2)13(14(19)21-4)18-15(20)16(3,17)12-9-7-6-8-10-12/h6-11,13H,5,17H2,1-4H3,(H,18,20). The Morgan fingerprint density at radius 2 is 1.90 bits per heavy atom. The van der Waals surface area contributed by atoms with Crippen molar-refractivity contribution in [1.29, 1.82) is 0 Å². The fourth-order valence-electron chi connectivity index (χ4n) is 2.00. The molecule has 0 fully saturated rings. The molecule has 1 aromatic carbocycles. The largest absolute Gasteiger partial charge is 0.467 e. The summed E-state index contributed by atoms with van der Waals surface area (Å²) in [5.74, 6) is -0.890. The monoisotopic (exact) mass is 292 g/mol. The summed E-state index contributed by atoms with van der Waals surface area (Å²) in [5, 5.41) is 2.72. The van der Waals surface area contributed by atoms with Crippen LogP contribution in [0, 0.1) is 5.92 Å². The molecule has 0 saturated heterocycles. The molecule has 0 aromatic heterocycles. The van der Waals surface area contributed by atoms with Gasteiger partial charge in [0.25, 0.3) is 0 Å². The van der Waals surface area contributed by atoms with Crippen molar-refractivity contribution in [2.45, 2.75) is 38.8 Å². The number of carbonyl (C=O) groups is 2. The molecule has 0 aliphatic carbocycles. The number of hydrogen-bond donors (Lipinski definition) is 2. The Labute approximate surface area is 125 Å². The van der Waals surface area contributed by atoms with Gasteiger partial charge in [0, 0.05) is 0 Å². The van der Waals surface area contributed by atoms with Crippen molar-refractivity contribution in [3.05, 3.63) is 35.9 Å². The van der Waals surface area contributed by atoms with E-state index in [2.05, 4.69) is 5.32 Å². The minimum absolute atomic E-state index is 0.0343. The Morgan fingerprint density at radius 1 is 1.33 bits per heavy atom. The zero-order valence-electron chi connectivity index (χ0n) is 13.1.